The SMILES string of the molecule is COc1ccc(NC(=O)Nc2ccc3c(c2)C(=O)N([C@H](C)CO)C[C@H](C)[C@@H](CN(C)C(=O)CCC(F)(F)F)OCCCC[C@H](C)O3)cc1. The lowest BCUT2D eigenvalue weighted by Gasteiger charge is -2.36. The minimum Gasteiger partial charge on any atom is -0.497 e. The normalized spacial score (nSPS) is 20.1. The van der Waals surface area contributed by atoms with Crippen LogP contribution in [0.25, 0.3) is 0 Å². The summed E-state index contributed by atoms with van der Waals surface area (Å²) in [6, 6.07) is 10.4. The molecule has 266 valence electrons. The molecular weight excluding hydrogens is 633 g/mol. The number of likely N-dealkylation sites (N-methyl/N-ethyl adjacent to an activating group) is 1. The van der Waals surface area contributed by atoms with Gasteiger partial charge in [-0.3, -0.25) is 9.59 Å². The molecule has 4 amide bonds. The number of fused-ring (bicyclic) bond motifs is 1. The summed E-state index contributed by atoms with van der Waals surface area (Å²) in [5.41, 5.74) is 1.03. The Hall–Kier alpha value is -4.04. The zero-order valence-electron chi connectivity index (χ0n) is 28.1. The van der Waals surface area contributed by atoms with E-state index < -0.39 is 49.0 Å². The number of nitrogens with one attached hydrogen (secondary N) is 2. The fraction of sp³-hybridized carbons (Fsp3) is 0.559. The third kappa shape index (κ3) is 11.9. The van der Waals surface area contributed by atoms with Crippen molar-refractivity contribution < 1.29 is 46.9 Å². The van der Waals surface area contributed by atoms with Crippen LogP contribution in [0.2, 0.25) is 0 Å². The van der Waals surface area contributed by atoms with Crippen molar-refractivity contribution in [3.63, 3.8) is 0 Å². The number of amides is 4. The molecule has 0 spiro atoms. The fourth-order valence-electron chi connectivity index (χ4n) is 5.24. The molecule has 0 saturated carbocycles. The molecule has 1 heterocycles. The van der Waals surface area contributed by atoms with Gasteiger partial charge in [-0.2, -0.15) is 13.2 Å². The summed E-state index contributed by atoms with van der Waals surface area (Å²) >= 11 is 0. The van der Waals surface area contributed by atoms with Crippen LogP contribution in [0.4, 0.5) is 29.3 Å². The Morgan fingerprint density at radius 1 is 1.10 bits per heavy atom. The zero-order chi connectivity index (χ0) is 35.4. The molecule has 11 nitrogen and oxygen atoms in total. The predicted octanol–water partition coefficient (Wildman–Crippen LogP) is 5.94. The number of hydrogen-bond donors (Lipinski definition) is 3. The van der Waals surface area contributed by atoms with E-state index >= 15 is 0 Å². The van der Waals surface area contributed by atoms with E-state index in [4.69, 9.17) is 14.2 Å². The van der Waals surface area contributed by atoms with E-state index in [0.29, 0.717) is 42.3 Å². The second-order valence-corrected chi connectivity index (χ2v) is 12.2. The minimum atomic E-state index is -4.45. The van der Waals surface area contributed by atoms with Crippen LogP contribution in [0.5, 0.6) is 11.5 Å². The Morgan fingerprint density at radius 3 is 2.42 bits per heavy atom. The van der Waals surface area contributed by atoms with Crippen LogP contribution in [-0.2, 0) is 9.53 Å². The second-order valence-electron chi connectivity index (χ2n) is 12.2. The Balaban J connectivity index is 1.88. The van der Waals surface area contributed by atoms with Gasteiger partial charge in [0, 0.05) is 50.5 Å². The summed E-state index contributed by atoms with van der Waals surface area (Å²) in [5.74, 6) is -0.555. The lowest BCUT2D eigenvalue weighted by Crippen LogP contribution is -2.48. The molecule has 1 aliphatic heterocycles. The Bertz CT molecular complexity index is 1360. The van der Waals surface area contributed by atoms with Crippen molar-refractivity contribution in [1.82, 2.24) is 9.80 Å². The van der Waals surface area contributed by atoms with Gasteiger partial charge < -0.3 is 39.8 Å². The highest BCUT2D eigenvalue weighted by molar-refractivity contribution is 6.02. The number of aliphatic hydroxyl groups excluding tert-OH is 1. The number of anilines is 2. The van der Waals surface area contributed by atoms with E-state index in [1.165, 1.54) is 22.9 Å². The van der Waals surface area contributed by atoms with Gasteiger partial charge in [-0.15, -0.1) is 0 Å². The van der Waals surface area contributed by atoms with E-state index in [9.17, 15) is 32.7 Å². The third-order valence-electron chi connectivity index (χ3n) is 8.16. The quantitative estimate of drug-likeness (QED) is 0.299. The van der Waals surface area contributed by atoms with E-state index in [1.54, 1.807) is 50.4 Å². The van der Waals surface area contributed by atoms with Crippen LogP contribution in [0.15, 0.2) is 42.5 Å². The topological polar surface area (TPSA) is 130 Å². The van der Waals surface area contributed by atoms with Gasteiger partial charge in [0.15, 0.2) is 0 Å². The van der Waals surface area contributed by atoms with Crippen molar-refractivity contribution in [3.05, 3.63) is 48.0 Å². The number of aliphatic hydroxyl groups is 1. The Kier molecular flexibility index (Phi) is 14.3. The largest absolute Gasteiger partial charge is 0.497 e. The summed E-state index contributed by atoms with van der Waals surface area (Å²) in [7, 11) is 2.98. The molecule has 0 saturated heterocycles. The third-order valence-corrected chi connectivity index (χ3v) is 8.16. The van der Waals surface area contributed by atoms with Crippen LogP contribution in [-0.4, -0.2) is 97.6 Å². The smallest absolute Gasteiger partial charge is 0.389 e. The molecule has 0 bridgehead atoms. The minimum absolute atomic E-state index is 0.0286. The molecule has 0 aromatic heterocycles. The first kappa shape index (κ1) is 38.4. The van der Waals surface area contributed by atoms with Crippen molar-refractivity contribution in [2.75, 3.05) is 51.1 Å². The lowest BCUT2D eigenvalue weighted by atomic mass is 10.0. The predicted molar refractivity (Wildman–Crippen MR) is 175 cm³/mol. The second kappa shape index (κ2) is 17.9. The molecule has 0 unspecified atom stereocenters. The van der Waals surface area contributed by atoms with Crippen LogP contribution in [0, 0.1) is 5.92 Å². The maximum atomic E-state index is 14.2. The standard InChI is InChI=1S/C34H47F3N4O7/c1-22-19-41(23(2)21-42)32(44)28-18-26(39-33(45)38-25-9-12-27(46-5)13-10-25)11-14-29(28)48-24(3)8-6-7-17-47-30(22)20-40(4)31(43)15-16-34(35,36)37/h9-14,18,22-24,30,42H,6-8,15-17,19-21H2,1-5H3,(H2,38,39,45)/t22-,23+,24-,30+/m0/s1. The number of methoxy groups -OCH3 is 1. The monoisotopic (exact) mass is 680 g/mol. The summed E-state index contributed by atoms with van der Waals surface area (Å²) in [5, 5.41) is 15.6. The maximum absolute atomic E-state index is 14.2. The molecule has 0 radical (unpaired) electrons. The summed E-state index contributed by atoms with van der Waals surface area (Å²) in [6.07, 6.45) is -5.14. The number of benzene rings is 2. The fourth-order valence-corrected chi connectivity index (χ4v) is 5.24. The number of alkyl halides is 3. The van der Waals surface area contributed by atoms with Crippen molar-refractivity contribution in [3.8, 4) is 11.5 Å². The van der Waals surface area contributed by atoms with E-state index in [1.807, 2.05) is 13.8 Å². The molecule has 2 aromatic carbocycles. The summed E-state index contributed by atoms with van der Waals surface area (Å²) in [6.45, 7) is 5.52. The van der Waals surface area contributed by atoms with Gasteiger partial charge in [0.25, 0.3) is 5.91 Å². The Morgan fingerprint density at radius 2 is 1.77 bits per heavy atom. The average Bonchev–Trinajstić information content (AvgIpc) is 3.04. The van der Waals surface area contributed by atoms with E-state index in [2.05, 4.69) is 10.6 Å². The van der Waals surface area contributed by atoms with E-state index in [0.717, 1.165) is 6.42 Å². The molecule has 14 heteroatoms. The van der Waals surface area contributed by atoms with Crippen LogP contribution >= 0.6 is 0 Å². The molecule has 2 aromatic rings. The molecule has 0 aliphatic carbocycles. The zero-order valence-corrected chi connectivity index (χ0v) is 28.1. The number of carbonyl (C=O) groups is 3. The van der Waals surface area contributed by atoms with E-state index in [-0.39, 0.29) is 37.3 Å². The van der Waals surface area contributed by atoms with Crippen LogP contribution in [0.1, 0.15) is 63.2 Å². The van der Waals surface area contributed by atoms with Gasteiger partial charge in [-0.1, -0.05) is 6.92 Å². The number of carbonyl (C=O) groups excluding carboxylic acids is 3. The Labute approximate surface area is 279 Å². The van der Waals surface area contributed by atoms with Crippen molar-refractivity contribution in [2.24, 2.45) is 5.92 Å². The van der Waals surface area contributed by atoms with Gasteiger partial charge in [-0.05, 0) is 75.6 Å². The highest BCUT2D eigenvalue weighted by Gasteiger charge is 2.32. The number of nitrogens with zero attached hydrogens (tertiary/aromatic N) is 2. The maximum Gasteiger partial charge on any atom is 0.389 e. The lowest BCUT2D eigenvalue weighted by molar-refractivity contribution is -0.149. The van der Waals surface area contributed by atoms with Crippen molar-refractivity contribution in [2.45, 2.75) is 77.3 Å². The van der Waals surface area contributed by atoms with Gasteiger partial charge in [0.1, 0.15) is 11.5 Å². The van der Waals surface area contributed by atoms with Crippen molar-refractivity contribution in [1.29, 1.82) is 0 Å². The van der Waals surface area contributed by atoms with Crippen molar-refractivity contribution >= 4 is 29.2 Å². The first-order valence-electron chi connectivity index (χ1n) is 16.1. The molecule has 4 atom stereocenters. The summed E-state index contributed by atoms with van der Waals surface area (Å²) in [4.78, 5) is 42.3. The first-order chi connectivity index (χ1) is 22.7. The van der Waals surface area contributed by atoms with Crippen LogP contribution < -0.4 is 20.1 Å². The molecular formula is C34H47F3N4O7. The number of ether oxygens (including phenoxy) is 3. The number of hydrogen-bond acceptors (Lipinski definition) is 7. The number of urea groups is 1. The molecule has 0 fully saturated rings. The van der Waals surface area contributed by atoms with Gasteiger partial charge in [-0.25, -0.2) is 4.79 Å². The molecule has 48 heavy (non-hydrogen) atoms. The molecule has 1 aliphatic rings. The highest BCUT2D eigenvalue weighted by Crippen LogP contribution is 2.29. The van der Waals surface area contributed by atoms with Crippen LogP contribution in [0.3, 0.4) is 0 Å². The average molecular weight is 681 g/mol. The molecule has 3 rings (SSSR count). The number of halogens is 3. The molecule has 3 N–H and O–H groups in total. The summed E-state index contributed by atoms with van der Waals surface area (Å²) < 4.78 is 55.8. The number of rotatable bonds is 9. The van der Waals surface area contributed by atoms with Gasteiger partial charge in [0.05, 0.1) is 44.0 Å². The van der Waals surface area contributed by atoms with Gasteiger partial charge in [0.2, 0.25) is 5.91 Å². The van der Waals surface area contributed by atoms with Gasteiger partial charge >= 0.3 is 12.2 Å². The first-order valence-corrected chi connectivity index (χ1v) is 16.1. The highest BCUT2D eigenvalue weighted by atomic mass is 19.4.